The Morgan fingerprint density at radius 2 is 1.19 bits per heavy atom. The Labute approximate surface area is 179 Å². The van der Waals surface area contributed by atoms with Crippen LogP contribution in [0.2, 0.25) is 0 Å². The predicted octanol–water partition coefficient (Wildman–Crippen LogP) is 7.40. The van der Waals surface area contributed by atoms with Gasteiger partial charge in [0, 0.05) is 40.9 Å². The van der Waals surface area contributed by atoms with Crippen LogP contribution in [0.25, 0.3) is 43.4 Å². The zero-order valence-corrected chi connectivity index (χ0v) is 16.7. The van der Waals surface area contributed by atoms with Gasteiger partial charge in [-0.3, -0.25) is 9.97 Å². The van der Waals surface area contributed by atoms with Gasteiger partial charge < -0.3 is 4.74 Å². The lowest BCUT2D eigenvalue weighted by Gasteiger charge is -2.18. The summed E-state index contributed by atoms with van der Waals surface area (Å²) in [6.45, 7) is 0. The van der Waals surface area contributed by atoms with Crippen molar-refractivity contribution < 1.29 is 4.74 Å². The highest BCUT2D eigenvalue weighted by atomic mass is 16.5. The number of rotatable bonds is 3. The summed E-state index contributed by atoms with van der Waals surface area (Å²) in [5.41, 5.74) is 2.38. The van der Waals surface area contributed by atoms with Crippen LogP contribution in [0.3, 0.4) is 0 Å². The molecular weight excluding hydrogens is 380 g/mol. The quantitative estimate of drug-likeness (QED) is 0.291. The standard InChI is InChI=1S/C28H18N2O/c1-2-8-21-19(6-1)7-5-11-22(21)27-23-9-3-4-10-24(23)28(25-14-17-30-18-26(25)27)31-20-12-15-29-16-13-20/h1-18H. The summed E-state index contributed by atoms with van der Waals surface area (Å²) in [4.78, 5) is 8.57. The molecule has 0 amide bonds. The van der Waals surface area contributed by atoms with Crippen molar-refractivity contribution in [3.8, 4) is 22.6 Å². The minimum absolute atomic E-state index is 0.760. The highest BCUT2D eigenvalue weighted by Crippen LogP contribution is 2.45. The number of hydrogen-bond donors (Lipinski definition) is 0. The molecule has 2 aromatic heterocycles. The first-order chi connectivity index (χ1) is 15.4. The summed E-state index contributed by atoms with van der Waals surface area (Å²) in [5.74, 6) is 1.60. The molecule has 0 bridgehead atoms. The Morgan fingerprint density at radius 1 is 0.516 bits per heavy atom. The Morgan fingerprint density at radius 3 is 2.06 bits per heavy atom. The van der Waals surface area contributed by atoms with Gasteiger partial charge >= 0.3 is 0 Å². The maximum atomic E-state index is 6.42. The molecule has 0 saturated carbocycles. The molecule has 0 aliphatic heterocycles. The SMILES string of the molecule is c1ccc2c(-c3c4ccccc4c(Oc4ccncc4)c4ccncc34)cccc2c1. The molecule has 3 nitrogen and oxygen atoms in total. The van der Waals surface area contributed by atoms with Crippen molar-refractivity contribution in [1.82, 2.24) is 9.97 Å². The van der Waals surface area contributed by atoms with Crippen LogP contribution in [0.1, 0.15) is 0 Å². The third kappa shape index (κ3) is 2.90. The zero-order chi connectivity index (χ0) is 20.6. The average molecular weight is 398 g/mol. The molecule has 6 rings (SSSR count). The molecule has 0 spiro atoms. The largest absolute Gasteiger partial charge is 0.456 e. The summed E-state index contributed by atoms with van der Waals surface area (Å²) in [5, 5.41) is 6.76. The number of aromatic nitrogens is 2. The van der Waals surface area contributed by atoms with E-state index in [-0.39, 0.29) is 0 Å². The minimum atomic E-state index is 0.760. The van der Waals surface area contributed by atoms with Crippen LogP contribution in [0, 0.1) is 0 Å². The molecule has 0 fully saturated rings. The summed E-state index contributed by atoms with van der Waals surface area (Å²) in [6, 6.07) is 29.2. The van der Waals surface area contributed by atoms with Gasteiger partial charge in [-0.1, -0.05) is 66.7 Å². The second-order valence-electron chi connectivity index (χ2n) is 7.48. The van der Waals surface area contributed by atoms with E-state index in [0.717, 1.165) is 33.0 Å². The molecule has 0 saturated heterocycles. The molecule has 146 valence electrons. The van der Waals surface area contributed by atoms with E-state index in [1.165, 1.54) is 21.9 Å². The van der Waals surface area contributed by atoms with Gasteiger partial charge in [0.1, 0.15) is 11.5 Å². The van der Waals surface area contributed by atoms with Crippen LogP contribution in [0.15, 0.2) is 110 Å². The minimum Gasteiger partial charge on any atom is -0.456 e. The third-order valence-corrected chi connectivity index (χ3v) is 5.70. The van der Waals surface area contributed by atoms with Crippen LogP contribution < -0.4 is 4.74 Å². The van der Waals surface area contributed by atoms with Crippen LogP contribution in [0.4, 0.5) is 0 Å². The monoisotopic (exact) mass is 398 g/mol. The Balaban J connectivity index is 1.75. The van der Waals surface area contributed by atoms with Gasteiger partial charge in [0.25, 0.3) is 0 Å². The van der Waals surface area contributed by atoms with Crippen LogP contribution in [-0.4, -0.2) is 9.97 Å². The van der Waals surface area contributed by atoms with E-state index in [9.17, 15) is 0 Å². The number of nitrogens with zero attached hydrogens (tertiary/aromatic N) is 2. The second-order valence-corrected chi connectivity index (χ2v) is 7.48. The molecule has 0 aliphatic carbocycles. The van der Waals surface area contributed by atoms with Gasteiger partial charge in [0.15, 0.2) is 0 Å². The molecule has 0 radical (unpaired) electrons. The van der Waals surface area contributed by atoms with Crippen LogP contribution in [-0.2, 0) is 0 Å². The molecule has 0 aliphatic rings. The Bertz CT molecular complexity index is 1500. The van der Waals surface area contributed by atoms with Gasteiger partial charge in [-0.2, -0.15) is 0 Å². The van der Waals surface area contributed by atoms with Crippen molar-refractivity contribution in [1.29, 1.82) is 0 Å². The van der Waals surface area contributed by atoms with Gasteiger partial charge in [-0.05, 0) is 45.5 Å². The maximum absolute atomic E-state index is 6.42. The van der Waals surface area contributed by atoms with Crippen molar-refractivity contribution in [3.63, 3.8) is 0 Å². The molecule has 0 unspecified atom stereocenters. The van der Waals surface area contributed by atoms with Crippen LogP contribution >= 0.6 is 0 Å². The Hall–Kier alpha value is -4.24. The highest BCUT2D eigenvalue weighted by molar-refractivity contribution is 6.19. The molecular formula is C28H18N2O. The van der Waals surface area contributed by atoms with E-state index in [1.54, 1.807) is 12.4 Å². The summed E-state index contributed by atoms with van der Waals surface area (Å²) in [6.07, 6.45) is 7.25. The van der Waals surface area contributed by atoms with E-state index in [0.29, 0.717) is 0 Å². The second kappa shape index (κ2) is 7.22. The van der Waals surface area contributed by atoms with Crippen molar-refractivity contribution >= 4 is 32.3 Å². The summed E-state index contributed by atoms with van der Waals surface area (Å²) < 4.78 is 6.42. The maximum Gasteiger partial charge on any atom is 0.143 e. The molecule has 0 N–H and O–H groups in total. The number of fused-ring (bicyclic) bond motifs is 3. The first kappa shape index (κ1) is 17.6. The number of ether oxygens (including phenoxy) is 1. The van der Waals surface area contributed by atoms with E-state index in [4.69, 9.17) is 4.74 Å². The molecule has 0 atom stereocenters. The molecule has 4 aromatic carbocycles. The smallest absolute Gasteiger partial charge is 0.143 e. The highest BCUT2D eigenvalue weighted by Gasteiger charge is 2.18. The number of hydrogen-bond acceptors (Lipinski definition) is 3. The van der Waals surface area contributed by atoms with E-state index >= 15 is 0 Å². The fraction of sp³-hybridized carbons (Fsp3) is 0. The zero-order valence-electron chi connectivity index (χ0n) is 16.7. The topological polar surface area (TPSA) is 35.0 Å². The third-order valence-electron chi connectivity index (χ3n) is 5.70. The molecule has 2 heterocycles. The van der Waals surface area contributed by atoms with Crippen molar-refractivity contribution in [2.75, 3.05) is 0 Å². The lowest BCUT2D eigenvalue weighted by Crippen LogP contribution is -1.93. The Kier molecular flexibility index (Phi) is 4.10. The first-order valence-electron chi connectivity index (χ1n) is 10.2. The number of pyridine rings is 2. The van der Waals surface area contributed by atoms with E-state index in [2.05, 4.69) is 76.7 Å². The lowest BCUT2D eigenvalue weighted by atomic mass is 9.89. The molecule has 31 heavy (non-hydrogen) atoms. The van der Waals surface area contributed by atoms with Gasteiger partial charge in [0.2, 0.25) is 0 Å². The predicted molar refractivity (Wildman–Crippen MR) is 127 cm³/mol. The van der Waals surface area contributed by atoms with Crippen molar-refractivity contribution in [3.05, 3.63) is 110 Å². The van der Waals surface area contributed by atoms with Crippen molar-refractivity contribution in [2.45, 2.75) is 0 Å². The van der Waals surface area contributed by atoms with Gasteiger partial charge in [-0.15, -0.1) is 0 Å². The molecule has 3 heteroatoms. The average Bonchev–Trinajstić information content (AvgIpc) is 2.84. The van der Waals surface area contributed by atoms with Gasteiger partial charge in [-0.25, -0.2) is 0 Å². The lowest BCUT2D eigenvalue weighted by molar-refractivity contribution is 0.493. The normalized spacial score (nSPS) is 11.2. The van der Waals surface area contributed by atoms with E-state index < -0.39 is 0 Å². The fourth-order valence-electron chi connectivity index (χ4n) is 4.35. The summed E-state index contributed by atoms with van der Waals surface area (Å²) in [7, 11) is 0. The van der Waals surface area contributed by atoms with E-state index in [1.807, 2.05) is 30.6 Å². The first-order valence-corrected chi connectivity index (χ1v) is 10.2. The number of benzene rings is 4. The van der Waals surface area contributed by atoms with Crippen molar-refractivity contribution in [2.24, 2.45) is 0 Å². The fourth-order valence-corrected chi connectivity index (χ4v) is 4.35. The molecule has 6 aromatic rings. The van der Waals surface area contributed by atoms with Crippen LogP contribution in [0.5, 0.6) is 11.5 Å². The summed E-state index contributed by atoms with van der Waals surface area (Å²) >= 11 is 0. The van der Waals surface area contributed by atoms with Gasteiger partial charge in [0.05, 0.1) is 0 Å².